The van der Waals surface area contributed by atoms with Gasteiger partial charge in [-0.05, 0) is 55.0 Å². The Kier molecular flexibility index (Phi) is 4.80. The number of anilines is 1. The maximum atomic E-state index is 14.5. The van der Waals surface area contributed by atoms with Crippen LogP contribution in [0.15, 0.2) is 83.5 Å². The van der Waals surface area contributed by atoms with Crippen molar-refractivity contribution in [2.45, 2.75) is 6.92 Å². The second-order valence-electron chi connectivity index (χ2n) is 6.47. The van der Waals surface area contributed by atoms with Gasteiger partial charge in [0.2, 0.25) is 0 Å². The lowest BCUT2D eigenvalue weighted by Crippen LogP contribution is -2.33. The number of halogens is 2. The molecule has 0 spiro atoms. The Labute approximate surface area is 167 Å². The summed E-state index contributed by atoms with van der Waals surface area (Å²) < 4.78 is 14.5. The highest BCUT2D eigenvalue weighted by molar-refractivity contribution is 6.34. The Morgan fingerprint density at radius 1 is 0.964 bits per heavy atom. The predicted octanol–water partition coefficient (Wildman–Crippen LogP) is 5.62. The zero-order chi connectivity index (χ0) is 19.7. The lowest BCUT2D eigenvalue weighted by Gasteiger charge is -2.18. The van der Waals surface area contributed by atoms with Crippen molar-refractivity contribution in [3.05, 3.63) is 106 Å². The summed E-state index contributed by atoms with van der Waals surface area (Å²) in [6, 6.07) is 20.8. The summed E-state index contributed by atoms with van der Waals surface area (Å²) in [5, 5.41) is 0.551. The Balaban J connectivity index is 1.84. The third-order valence-corrected chi connectivity index (χ3v) is 4.69. The van der Waals surface area contributed by atoms with E-state index < -0.39 is 5.82 Å². The fourth-order valence-corrected chi connectivity index (χ4v) is 3.12. The van der Waals surface area contributed by atoms with Crippen LogP contribution in [0.5, 0.6) is 0 Å². The van der Waals surface area contributed by atoms with Crippen molar-refractivity contribution < 1.29 is 9.18 Å². The standard InChI is InChI=1S/C23H16ClFN2O/c1-15-6-8-16(9-7-15)14-21-23(28)27(18-12-10-17(24)11-13-18)22(26-21)19-4-2-3-5-20(19)25/h2-14H,1H3/b21-14+. The van der Waals surface area contributed by atoms with Gasteiger partial charge in [0.05, 0.1) is 11.3 Å². The third kappa shape index (κ3) is 3.47. The van der Waals surface area contributed by atoms with Crippen LogP contribution < -0.4 is 4.90 Å². The minimum absolute atomic E-state index is 0.247. The van der Waals surface area contributed by atoms with Crippen LogP contribution in [0, 0.1) is 12.7 Å². The quantitative estimate of drug-likeness (QED) is 0.534. The minimum Gasteiger partial charge on any atom is -0.266 e. The maximum Gasteiger partial charge on any atom is 0.282 e. The van der Waals surface area contributed by atoms with E-state index in [0.29, 0.717) is 10.7 Å². The van der Waals surface area contributed by atoms with E-state index in [2.05, 4.69) is 4.99 Å². The number of hydrogen-bond donors (Lipinski definition) is 0. The molecule has 1 heterocycles. The number of aryl methyl sites for hydroxylation is 1. The van der Waals surface area contributed by atoms with E-state index in [1.165, 1.54) is 11.0 Å². The van der Waals surface area contributed by atoms with E-state index in [-0.39, 0.29) is 23.0 Å². The number of hydrogen-bond acceptors (Lipinski definition) is 2. The number of nitrogens with zero attached hydrogens (tertiary/aromatic N) is 2. The molecule has 3 nitrogen and oxygen atoms in total. The van der Waals surface area contributed by atoms with Gasteiger partial charge in [0.25, 0.3) is 5.91 Å². The van der Waals surface area contributed by atoms with Crippen LogP contribution in [-0.2, 0) is 4.79 Å². The second-order valence-corrected chi connectivity index (χ2v) is 6.91. The van der Waals surface area contributed by atoms with Crippen molar-refractivity contribution in [2.24, 2.45) is 4.99 Å². The molecule has 3 aromatic rings. The average molecular weight is 391 g/mol. The first kappa shape index (κ1) is 18.1. The summed E-state index contributed by atoms with van der Waals surface area (Å²) in [5.74, 6) is -0.505. The van der Waals surface area contributed by atoms with Gasteiger partial charge in [0, 0.05) is 5.02 Å². The van der Waals surface area contributed by atoms with E-state index in [4.69, 9.17) is 11.6 Å². The molecule has 5 heteroatoms. The molecule has 0 aliphatic carbocycles. The third-order valence-electron chi connectivity index (χ3n) is 4.44. The van der Waals surface area contributed by atoms with Gasteiger partial charge in [-0.25, -0.2) is 9.38 Å². The zero-order valence-corrected chi connectivity index (χ0v) is 15.8. The smallest absolute Gasteiger partial charge is 0.266 e. The van der Waals surface area contributed by atoms with Crippen molar-refractivity contribution >= 4 is 35.1 Å². The van der Waals surface area contributed by atoms with Crippen molar-refractivity contribution in [3.63, 3.8) is 0 Å². The average Bonchev–Trinajstić information content (AvgIpc) is 3.01. The zero-order valence-electron chi connectivity index (χ0n) is 15.1. The molecule has 3 aromatic carbocycles. The van der Waals surface area contributed by atoms with Gasteiger partial charge in [0.1, 0.15) is 11.5 Å². The second kappa shape index (κ2) is 7.41. The van der Waals surface area contributed by atoms with Crippen LogP contribution in [0.1, 0.15) is 16.7 Å². The molecule has 0 fully saturated rings. The monoisotopic (exact) mass is 390 g/mol. The molecule has 1 amide bonds. The first-order valence-electron chi connectivity index (χ1n) is 8.75. The maximum absolute atomic E-state index is 14.5. The lowest BCUT2D eigenvalue weighted by atomic mass is 10.1. The van der Waals surface area contributed by atoms with Crippen LogP contribution in [-0.4, -0.2) is 11.7 Å². The number of amidine groups is 1. The molecular weight excluding hydrogens is 375 g/mol. The van der Waals surface area contributed by atoms with Crippen LogP contribution in [0.3, 0.4) is 0 Å². The summed E-state index contributed by atoms with van der Waals surface area (Å²) in [6.07, 6.45) is 1.71. The fraction of sp³-hybridized carbons (Fsp3) is 0.0435. The summed E-state index contributed by atoms with van der Waals surface area (Å²) in [4.78, 5) is 19.0. The van der Waals surface area contributed by atoms with Crippen molar-refractivity contribution in [3.8, 4) is 0 Å². The number of amides is 1. The van der Waals surface area contributed by atoms with E-state index >= 15 is 0 Å². The summed E-state index contributed by atoms with van der Waals surface area (Å²) in [5.41, 5.74) is 3.06. The molecule has 0 bridgehead atoms. The van der Waals surface area contributed by atoms with Crippen LogP contribution in [0.2, 0.25) is 5.02 Å². The highest BCUT2D eigenvalue weighted by atomic mass is 35.5. The molecule has 0 radical (unpaired) electrons. The van der Waals surface area contributed by atoms with Gasteiger partial charge in [-0.15, -0.1) is 0 Å². The van der Waals surface area contributed by atoms with Gasteiger partial charge in [-0.1, -0.05) is 53.6 Å². The van der Waals surface area contributed by atoms with Gasteiger partial charge < -0.3 is 0 Å². The highest BCUT2D eigenvalue weighted by Crippen LogP contribution is 2.29. The van der Waals surface area contributed by atoms with Gasteiger partial charge in [-0.2, -0.15) is 0 Å². The van der Waals surface area contributed by atoms with Gasteiger partial charge in [-0.3, -0.25) is 9.69 Å². The molecule has 0 unspecified atom stereocenters. The molecular formula is C23H16ClFN2O. The van der Waals surface area contributed by atoms with Gasteiger partial charge in [0.15, 0.2) is 5.84 Å². The first-order valence-corrected chi connectivity index (χ1v) is 9.13. The molecule has 138 valence electrons. The van der Waals surface area contributed by atoms with Crippen LogP contribution in [0.4, 0.5) is 10.1 Å². The molecule has 28 heavy (non-hydrogen) atoms. The number of carbonyl (C=O) groups is 1. The first-order chi connectivity index (χ1) is 13.5. The SMILES string of the molecule is Cc1ccc(/C=C2/N=C(c3ccccc3F)N(c3ccc(Cl)cc3)C2=O)cc1. The molecule has 1 aliphatic heterocycles. The molecule has 1 aliphatic rings. The fourth-order valence-electron chi connectivity index (χ4n) is 2.99. The van der Waals surface area contributed by atoms with Crippen LogP contribution in [0.25, 0.3) is 6.08 Å². The molecule has 0 atom stereocenters. The number of aliphatic imine (C=N–C) groups is 1. The van der Waals surface area contributed by atoms with Crippen molar-refractivity contribution in [2.75, 3.05) is 4.90 Å². The molecule has 4 rings (SSSR count). The van der Waals surface area contributed by atoms with Crippen molar-refractivity contribution in [1.82, 2.24) is 0 Å². The number of benzene rings is 3. The Morgan fingerprint density at radius 3 is 2.32 bits per heavy atom. The molecule has 0 aromatic heterocycles. The summed E-state index contributed by atoms with van der Waals surface area (Å²) >= 11 is 5.98. The topological polar surface area (TPSA) is 32.7 Å². The summed E-state index contributed by atoms with van der Waals surface area (Å²) in [7, 11) is 0. The van der Waals surface area contributed by atoms with Crippen LogP contribution >= 0.6 is 11.6 Å². The minimum atomic E-state index is -0.440. The van der Waals surface area contributed by atoms with E-state index in [1.807, 2.05) is 31.2 Å². The predicted molar refractivity (Wildman–Crippen MR) is 111 cm³/mol. The molecule has 0 saturated carbocycles. The lowest BCUT2D eigenvalue weighted by molar-refractivity contribution is -0.113. The van der Waals surface area contributed by atoms with Crippen molar-refractivity contribution in [1.29, 1.82) is 0 Å². The molecule has 0 saturated heterocycles. The van der Waals surface area contributed by atoms with Gasteiger partial charge >= 0.3 is 0 Å². The number of carbonyl (C=O) groups excluding carboxylic acids is 1. The largest absolute Gasteiger partial charge is 0.282 e. The Hall–Kier alpha value is -3.24. The Bertz CT molecular complexity index is 1100. The number of rotatable bonds is 3. The highest BCUT2D eigenvalue weighted by Gasteiger charge is 2.33. The summed E-state index contributed by atoms with van der Waals surface area (Å²) in [6.45, 7) is 1.99. The van der Waals surface area contributed by atoms with E-state index in [9.17, 15) is 9.18 Å². The van der Waals surface area contributed by atoms with E-state index in [1.54, 1.807) is 48.5 Å². The Morgan fingerprint density at radius 2 is 1.64 bits per heavy atom. The molecule has 0 N–H and O–H groups in total. The van der Waals surface area contributed by atoms with E-state index in [0.717, 1.165) is 11.1 Å². The normalized spacial score (nSPS) is 15.2.